The second kappa shape index (κ2) is 11.5. The first-order valence-corrected chi connectivity index (χ1v) is 6.59. The van der Waals surface area contributed by atoms with Crippen LogP contribution in [-0.4, -0.2) is 13.2 Å². The van der Waals surface area contributed by atoms with Gasteiger partial charge in [-0.2, -0.15) is 0 Å². The molecule has 0 saturated heterocycles. The first kappa shape index (κ1) is 22.6. The van der Waals surface area contributed by atoms with E-state index in [4.69, 9.17) is 0 Å². The molecule has 0 aromatic heterocycles. The van der Waals surface area contributed by atoms with E-state index < -0.39 is 15.6 Å². The summed E-state index contributed by atoms with van der Waals surface area (Å²) in [5, 5.41) is 0. The Bertz CT molecular complexity index is 264. The van der Waals surface area contributed by atoms with E-state index in [9.17, 15) is 28.7 Å². The van der Waals surface area contributed by atoms with Crippen molar-refractivity contribution in [3.63, 3.8) is 0 Å². The van der Waals surface area contributed by atoms with Crippen LogP contribution in [0.5, 0.6) is 0 Å². The van der Waals surface area contributed by atoms with E-state index >= 15 is 0 Å². The van der Waals surface area contributed by atoms with Crippen molar-refractivity contribution in [2.24, 2.45) is 0 Å². The summed E-state index contributed by atoms with van der Waals surface area (Å²) in [6.45, 7) is 5.79. The normalized spacial score (nSPS) is 10.6. The zero-order chi connectivity index (χ0) is 13.2. The third-order valence-electron chi connectivity index (χ3n) is 0.701. The Labute approximate surface area is 114 Å². The second-order valence-electron chi connectivity index (χ2n) is 2.06. The smallest absolute Gasteiger partial charge is 0.790 e. The molecule has 0 N–H and O–H groups in total. The summed E-state index contributed by atoms with van der Waals surface area (Å²) >= 11 is 0. The van der Waals surface area contributed by atoms with Gasteiger partial charge in [0, 0.05) is 0 Å². The summed E-state index contributed by atoms with van der Waals surface area (Å²) in [7, 11) is -9.51. The number of hydrogen-bond donors (Lipinski definition) is 0. The topological polar surface area (TPSA) is 145 Å². The molecule has 0 atom stereocenters. The average Bonchev–Trinajstić information content (AvgIpc) is 2.10. The van der Waals surface area contributed by atoms with Crippen molar-refractivity contribution in [3.8, 4) is 0 Å². The molecule has 0 amide bonds. The minimum Gasteiger partial charge on any atom is -0.790 e. The molecule has 0 unspecified atom stereocenters. The first-order chi connectivity index (χ1) is 7.12. The van der Waals surface area contributed by atoms with Crippen molar-refractivity contribution in [1.29, 1.82) is 0 Å². The molecule has 0 spiro atoms. The molecule has 0 aromatic rings. The Hall–Kier alpha value is 0.414. The number of phosphoric ester groups is 2. The fraction of sp³-hybridized carbons (Fsp3) is 0.333. The maximum Gasteiger partial charge on any atom is 4.00 e. The van der Waals surface area contributed by atoms with Crippen LogP contribution in [0.25, 0.3) is 0 Å². The Balaban J connectivity index is -0.000000218. The third-order valence-corrected chi connectivity index (χ3v) is 1.63. The summed E-state index contributed by atoms with van der Waals surface area (Å²) in [5.74, 6) is 0. The molecule has 0 aliphatic heterocycles. The average molecular weight is 320 g/mol. The standard InChI is InChI=1S/2C3H7O4P.Ti/c2*1-2-3-7-8(4,5)6;/h2*2H,1,3H2,(H2,4,5,6);/q;;+4/p-4. The van der Waals surface area contributed by atoms with Crippen molar-refractivity contribution in [2.45, 2.75) is 0 Å². The van der Waals surface area contributed by atoms with Crippen molar-refractivity contribution < 1.29 is 59.5 Å². The first-order valence-electron chi connectivity index (χ1n) is 3.67. The summed E-state index contributed by atoms with van der Waals surface area (Å²) in [6, 6.07) is 0. The molecule has 17 heavy (non-hydrogen) atoms. The predicted molar refractivity (Wildman–Crippen MR) is 47.5 cm³/mol. The summed E-state index contributed by atoms with van der Waals surface area (Å²) in [4.78, 5) is 38.4. The van der Waals surface area contributed by atoms with E-state index in [1.165, 1.54) is 12.2 Å². The second-order valence-corrected chi connectivity index (χ2v) is 4.37. The van der Waals surface area contributed by atoms with Gasteiger partial charge in [0.1, 0.15) is 0 Å². The summed E-state index contributed by atoms with van der Waals surface area (Å²) in [6.07, 6.45) is 2.37. The van der Waals surface area contributed by atoms with Gasteiger partial charge in [0.2, 0.25) is 0 Å². The Morgan fingerprint density at radius 2 is 1.12 bits per heavy atom. The minimum atomic E-state index is -4.75. The van der Waals surface area contributed by atoms with Crippen LogP contribution in [-0.2, 0) is 39.9 Å². The third kappa shape index (κ3) is 31.4. The molecule has 96 valence electrons. The largest absolute Gasteiger partial charge is 4.00 e. The molecule has 0 radical (unpaired) electrons. The van der Waals surface area contributed by atoms with Gasteiger partial charge in [0.25, 0.3) is 0 Å². The van der Waals surface area contributed by atoms with Gasteiger partial charge in [0.05, 0.1) is 28.9 Å². The van der Waals surface area contributed by atoms with Crippen molar-refractivity contribution >= 4 is 15.6 Å². The SMILES string of the molecule is C=CCOP(=O)([O-])[O-].C=CCOP(=O)([O-])[O-].[Ti+4]. The maximum absolute atomic E-state index is 9.59. The molecule has 0 aliphatic carbocycles. The molecular weight excluding hydrogens is 310 g/mol. The van der Waals surface area contributed by atoms with Crippen LogP contribution in [0.2, 0.25) is 0 Å². The predicted octanol–water partition coefficient (Wildman–Crippen LogP) is -1.97. The van der Waals surface area contributed by atoms with E-state index in [0.29, 0.717) is 0 Å². The van der Waals surface area contributed by atoms with Crippen LogP contribution in [0.4, 0.5) is 0 Å². The number of rotatable bonds is 6. The fourth-order valence-corrected chi connectivity index (χ4v) is 0.864. The summed E-state index contributed by atoms with van der Waals surface area (Å²) < 4.78 is 26.6. The molecule has 0 bridgehead atoms. The van der Waals surface area contributed by atoms with E-state index in [1.807, 2.05) is 0 Å². The van der Waals surface area contributed by atoms with Crippen LogP contribution in [0.3, 0.4) is 0 Å². The molecule has 11 heteroatoms. The number of phosphoric acid groups is 2. The fourth-order valence-electron chi connectivity index (χ4n) is 0.288. The van der Waals surface area contributed by atoms with Crippen LogP contribution in [0.15, 0.2) is 25.3 Å². The molecule has 0 fully saturated rings. The van der Waals surface area contributed by atoms with E-state index in [-0.39, 0.29) is 34.9 Å². The molecule has 0 aromatic carbocycles. The van der Waals surface area contributed by atoms with Gasteiger partial charge < -0.3 is 37.8 Å². The van der Waals surface area contributed by atoms with Gasteiger partial charge >= 0.3 is 21.7 Å². The Morgan fingerprint density at radius 1 is 0.882 bits per heavy atom. The molecule has 8 nitrogen and oxygen atoms in total. The van der Waals surface area contributed by atoms with Crippen molar-refractivity contribution in [1.82, 2.24) is 0 Å². The monoisotopic (exact) mass is 320 g/mol. The van der Waals surface area contributed by atoms with Gasteiger partial charge in [0.15, 0.2) is 0 Å². The van der Waals surface area contributed by atoms with Crippen LogP contribution >= 0.6 is 15.6 Å². The van der Waals surface area contributed by atoms with Gasteiger partial charge in [-0.3, -0.25) is 0 Å². The van der Waals surface area contributed by atoms with E-state index in [0.717, 1.165) is 0 Å². The van der Waals surface area contributed by atoms with Gasteiger partial charge in [-0.1, -0.05) is 12.2 Å². The van der Waals surface area contributed by atoms with E-state index in [1.54, 1.807) is 0 Å². The molecular formula is C6H10O8P2Ti. The van der Waals surface area contributed by atoms with Gasteiger partial charge in [-0.15, -0.1) is 13.2 Å². The minimum absolute atomic E-state index is 0. The van der Waals surface area contributed by atoms with Gasteiger partial charge in [-0.05, 0) is 0 Å². The van der Waals surface area contributed by atoms with Crippen molar-refractivity contribution in [3.05, 3.63) is 25.3 Å². The van der Waals surface area contributed by atoms with Crippen LogP contribution in [0.1, 0.15) is 0 Å². The molecule has 0 rings (SSSR count). The zero-order valence-corrected chi connectivity index (χ0v) is 12.0. The molecule has 0 heterocycles. The quantitative estimate of drug-likeness (QED) is 0.311. The van der Waals surface area contributed by atoms with Crippen molar-refractivity contribution in [2.75, 3.05) is 13.2 Å². The maximum atomic E-state index is 9.59. The molecule has 0 saturated carbocycles. The number of hydrogen-bond acceptors (Lipinski definition) is 8. The van der Waals surface area contributed by atoms with Crippen LogP contribution < -0.4 is 19.6 Å². The Morgan fingerprint density at radius 3 is 1.18 bits per heavy atom. The zero-order valence-electron chi connectivity index (χ0n) is 8.64. The Kier molecular flexibility index (Phi) is 15.3. The molecule has 0 aliphatic rings. The van der Waals surface area contributed by atoms with Gasteiger partial charge in [-0.25, -0.2) is 0 Å². The van der Waals surface area contributed by atoms with E-state index in [2.05, 4.69) is 22.2 Å². The summed E-state index contributed by atoms with van der Waals surface area (Å²) in [5.41, 5.74) is 0. The van der Waals surface area contributed by atoms with Crippen LogP contribution in [0, 0.1) is 0 Å².